The van der Waals surface area contributed by atoms with Gasteiger partial charge in [0, 0.05) is 11.0 Å². The van der Waals surface area contributed by atoms with Gasteiger partial charge in [0.15, 0.2) is 0 Å². The van der Waals surface area contributed by atoms with E-state index >= 15 is 0 Å². The molecule has 2 nitrogen and oxygen atoms in total. The first-order valence-corrected chi connectivity index (χ1v) is 5.37. The maximum atomic E-state index is 13.6. The monoisotopic (exact) mass is 246 g/mol. The fraction of sp³-hybridized carbons (Fsp3) is 0.500. The first kappa shape index (κ1) is 13.3. The lowest BCUT2D eigenvalue weighted by atomic mass is 9.83. The number of aliphatic hydroxyl groups excluding tert-OH is 1. The minimum atomic E-state index is -0.644. The van der Waals surface area contributed by atoms with Crippen molar-refractivity contribution in [2.45, 2.75) is 26.2 Å². The SMILES string of the molecule is COc1c(C)cc(F)c(Cl)c1C(C)(C)CO. The number of aliphatic hydroxyl groups is 1. The predicted molar refractivity (Wildman–Crippen MR) is 62.8 cm³/mol. The fourth-order valence-electron chi connectivity index (χ4n) is 1.68. The lowest BCUT2D eigenvalue weighted by Gasteiger charge is -2.27. The van der Waals surface area contributed by atoms with Gasteiger partial charge in [0.2, 0.25) is 0 Å². The molecule has 0 bridgehead atoms. The van der Waals surface area contributed by atoms with Gasteiger partial charge in [-0.25, -0.2) is 4.39 Å². The molecule has 4 heteroatoms. The highest BCUT2D eigenvalue weighted by atomic mass is 35.5. The first-order valence-electron chi connectivity index (χ1n) is 4.99. The highest BCUT2D eigenvalue weighted by Gasteiger charge is 2.29. The zero-order valence-corrected chi connectivity index (χ0v) is 10.7. The Morgan fingerprint density at radius 2 is 2.06 bits per heavy atom. The lowest BCUT2D eigenvalue weighted by molar-refractivity contribution is 0.214. The molecular weight excluding hydrogens is 231 g/mol. The summed E-state index contributed by atoms with van der Waals surface area (Å²) in [6.07, 6.45) is 0. The Balaban J connectivity index is 3.57. The molecule has 0 aliphatic heterocycles. The summed E-state index contributed by atoms with van der Waals surface area (Å²) in [7, 11) is 1.51. The van der Waals surface area contributed by atoms with E-state index in [-0.39, 0.29) is 11.6 Å². The van der Waals surface area contributed by atoms with Gasteiger partial charge in [0.25, 0.3) is 0 Å². The Morgan fingerprint density at radius 3 is 2.50 bits per heavy atom. The van der Waals surface area contributed by atoms with Crippen molar-refractivity contribution in [3.05, 3.63) is 28.0 Å². The van der Waals surface area contributed by atoms with Crippen molar-refractivity contribution in [3.63, 3.8) is 0 Å². The van der Waals surface area contributed by atoms with E-state index in [9.17, 15) is 9.50 Å². The van der Waals surface area contributed by atoms with E-state index in [4.69, 9.17) is 16.3 Å². The molecule has 0 fully saturated rings. The summed E-state index contributed by atoms with van der Waals surface area (Å²) >= 11 is 5.95. The van der Waals surface area contributed by atoms with Crippen LogP contribution in [0.2, 0.25) is 5.02 Å². The van der Waals surface area contributed by atoms with E-state index in [0.717, 1.165) is 0 Å². The van der Waals surface area contributed by atoms with Crippen LogP contribution in [0.15, 0.2) is 6.07 Å². The van der Waals surface area contributed by atoms with Crippen molar-refractivity contribution in [1.29, 1.82) is 0 Å². The van der Waals surface area contributed by atoms with Gasteiger partial charge in [0.1, 0.15) is 11.6 Å². The van der Waals surface area contributed by atoms with Gasteiger partial charge in [-0.15, -0.1) is 0 Å². The fourth-order valence-corrected chi connectivity index (χ4v) is 2.08. The van der Waals surface area contributed by atoms with Crippen molar-refractivity contribution < 1.29 is 14.2 Å². The Bertz CT molecular complexity index is 402. The summed E-state index contributed by atoms with van der Waals surface area (Å²) in [5.41, 5.74) is 0.535. The molecule has 16 heavy (non-hydrogen) atoms. The van der Waals surface area contributed by atoms with Crippen LogP contribution in [-0.2, 0) is 5.41 Å². The minimum absolute atomic E-state index is 0.0153. The van der Waals surface area contributed by atoms with Crippen LogP contribution >= 0.6 is 11.6 Å². The van der Waals surface area contributed by atoms with Crippen molar-refractivity contribution in [3.8, 4) is 5.75 Å². The predicted octanol–water partition coefficient (Wildman–Crippen LogP) is 3.07. The molecule has 0 amide bonds. The molecule has 0 aromatic heterocycles. The normalized spacial score (nSPS) is 11.7. The van der Waals surface area contributed by atoms with Gasteiger partial charge in [0.05, 0.1) is 18.7 Å². The average molecular weight is 247 g/mol. The van der Waals surface area contributed by atoms with Gasteiger partial charge >= 0.3 is 0 Å². The van der Waals surface area contributed by atoms with Crippen LogP contribution in [0.25, 0.3) is 0 Å². The number of halogens is 2. The van der Waals surface area contributed by atoms with E-state index in [2.05, 4.69) is 0 Å². The highest BCUT2D eigenvalue weighted by molar-refractivity contribution is 6.31. The van der Waals surface area contributed by atoms with Crippen LogP contribution in [0, 0.1) is 12.7 Å². The molecule has 90 valence electrons. The van der Waals surface area contributed by atoms with E-state index < -0.39 is 11.2 Å². The quantitative estimate of drug-likeness (QED) is 0.888. The highest BCUT2D eigenvalue weighted by Crippen LogP contribution is 2.40. The maximum Gasteiger partial charge on any atom is 0.142 e. The second-order valence-electron chi connectivity index (χ2n) is 4.44. The Kier molecular flexibility index (Phi) is 3.81. The molecule has 1 rings (SSSR count). The molecule has 0 aliphatic rings. The minimum Gasteiger partial charge on any atom is -0.496 e. The second kappa shape index (κ2) is 4.60. The van der Waals surface area contributed by atoms with Crippen LogP contribution in [-0.4, -0.2) is 18.8 Å². The topological polar surface area (TPSA) is 29.5 Å². The summed E-state index contributed by atoms with van der Waals surface area (Å²) in [6.45, 7) is 5.19. The summed E-state index contributed by atoms with van der Waals surface area (Å²) < 4.78 is 18.8. The zero-order valence-electron chi connectivity index (χ0n) is 9.90. The van der Waals surface area contributed by atoms with Crippen LogP contribution < -0.4 is 4.74 Å². The smallest absolute Gasteiger partial charge is 0.142 e. The number of methoxy groups -OCH3 is 1. The molecule has 1 N–H and O–H groups in total. The standard InChI is InChI=1S/C12H16ClFO2/c1-7-5-8(14)10(13)9(11(7)16-4)12(2,3)6-15/h5,15H,6H2,1-4H3. The first-order chi connectivity index (χ1) is 7.35. The molecule has 0 saturated carbocycles. The number of benzene rings is 1. The van der Waals surface area contributed by atoms with Crippen molar-refractivity contribution in [2.75, 3.05) is 13.7 Å². The Labute approximate surface area is 100.0 Å². The van der Waals surface area contributed by atoms with Crippen molar-refractivity contribution in [2.24, 2.45) is 0 Å². The van der Waals surface area contributed by atoms with Gasteiger partial charge in [-0.3, -0.25) is 0 Å². The Morgan fingerprint density at radius 1 is 1.50 bits per heavy atom. The molecule has 0 radical (unpaired) electrons. The third kappa shape index (κ3) is 2.15. The maximum absolute atomic E-state index is 13.6. The van der Waals surface area contributed by atoms with Gasteiger partial charge in [-0.1, -0.05) is 25.4 Å². The molecule has 0 heterocycles. The largest absolute Gasteiger partial charge is 0.496 e. The van der Waals surface area contributed by atoms with E-state index in [0.29, 0.717) is 16.9 Å². The molecule has 1 aromatic carbocycles. The molecule has 0 aliphatic carbocycles. The van der Waals surface area contributed by atoms with Crippen LogP contribution in [0.5, 0.6) is 5.75 Å². The van der Waals surface area contributed by atoms with Gasteiger partial charge in [-0.2, -0.15) is 0 Å². The van der Waals surface area contributed by atoms with E-state index in [1.54, 1.807) is 20.8 Å². The number of hydrogen-bond donors (Lipinski definition) is 1. The van der Waals surface area contributed by atoms with E-state index in [1.165, 1.54) is 13.2 Å². The third-order valence-electron chi connectivity index (χ3n) is 2.63. The van der Waals surface area contributed by atoms with E-state index in [1.807, 2.05) is 0 Å². The van der Waals surface area contributed by atoms with Crippen LogP contribution in [0.3, 0.4) is 0 Å². The zero-order chi connectivity index (χ0) is 12.5. The molecule has 0 atom stereocenters. The number of ether oxygens (including phenoxy) is 1. The Hall–Kier alpha value is -0.800. The number of rotatable bonds is 3. The molecule has 0 saturated heterocycles. The number of hydrogen-bond acceptors (Lipinski definition) is 2. The summed E-state index contributed by atoms with van der Waals surface area (Å²) in [6, 6.07) is 1.33. The molecule has 0 spiro atoms. The van der Waals surface area contributed by atoms with Crippen molar-refractivity contribution >= 4 is 11.6 Å². The number of aryl methyl sites for hydroxylation is 1. The molecular formula is C12H16ClFO2. The molecule has 0 unspecified atom stereocenters. The third-order valence-corrected chi connectivity index (χ3v) is 3.00. The van der Waals surface area contributed by atoms with Crippen molar-refractivity contribution in [1.82, 2.24) is 0 Å². The summed E-state index contributed by atoms with van der Waals surface area (Å²) in [5, 5.41) is 9.35. The van der Waals surface area contributed by atoms with Gasteiger partial charge < -0.3 is 9.84 Å². The average Bonchev–Trinajstić information content (AvgIpc) is 2.22. The van der Waals surface area contributed by atoms with Gasteiger partial charge in [-0.05, 0) is 18.6 Å². The van der Waals surface area contributed by atoms with Crippen LogP contribution in [0.4, 0.5) is 4.39 Å². The molecule has 1 aromatic rings. The summed E-state index contributed by atoms with van der Waals surface area (Å²) in [5.74, 6) is 0.0435. The second-order valence-corrected chi connectivity index (χ2v) is 4.82. The van der Waals surface area contributed by atoms with Crippen LogP contribution in [0.1, 0.15) is 25.0 Å². The summed E-state index contributed by atoms with van der Waals surface area (Å²) in [4.78, 5) is 0. The lowest BCUT2D eigenvalue weighted by Crippen LogP contribution is -2.24.